The predicted octanol–water partition coefficient (Wildman–Crippen LogP) is 2.74. The second kappa shape index (κ2) is 6.15. The molecule has 0 radical (unpaired) electrons. The van der Waals surface area contributed by atoms with E-state index in [-0.39, 0.29) is 18.1 Å². The molecule has 1 aromatic heterocycles. The van der Waals surface area contributed by atoms with Gasteiger partial charge in [-0.15, -0.1) is 11.3 Å². The summed E-state index contributed by atoms with van der Waals surface area (Å²) in [6, 6.07) is 11.0. The first-order valence-corrected chi connectivity index (χ1v) is 7.53. The number of nitrogens with one attached hydrogen (secondary N) is 1. The van der Waals surface area contributed by atoms with Gasteiger partial charge in [-0.1, -0.05) is 0 Å². The van der Waals surface area contributed by atoms with Gasteiger partial charge in [0, 0.05) is 11.3 Å². The van der Waals surface area contributed by atoms with Crippen LogP contribution in [-0.2, 0) is 6.61 Å². The third kappa shape index (κ3) is 3.20. The topological polar surface area (TPSA) is 99.5 Å². The summed E-state index contributed by atoms with van der Waals surface area (Å²) in [7, 11) is 0. The Morgan fingerprint density at radius 3 is 2.43 bits per heavy atom. The molecule has 1 amide bonds. The molecule has 3 aromatic rings. The molecule has 0 bridgehead atoms. The summed E-state index contributed by atoms with van der Waals surface area (Å²) in [6.45, 7) is -0.114. The second-order valence-electron chi connectivity index (χ2n) is 4.78. The number of amides is 1. The molecule has 2 aromatic carbocycles. The van der Waals surface area contributed by atoms with Crippen molar-refractivity contribution in [1.82, 2.24) is 4.98 Å². The van der Waals surface area contributed by atoms with E-state index in [0.29, 0.717) is 21.8 Å². The van der Waals surface area contributed by atoms with Gasteiger partial charge in [-0.05, 0) is 42.5 Å². The van der Waals surface area contributed by atoms with Crippen molar-refractivity contribution in [2.75, 3.05) is 5.32 Å². The van der Waals surface area contributed by atoms with Crippen LogP contribution in [0.25, 0.3) is 10.2 Å². The van der Waals surface area contributed by atoms with E-state index in [1.165, 1.54) is 35.6 Å². The molecule has 0 aliphatic rings. The van der Waals surface area contributed by atoms with E-state index in [1.807, 2.05) is 6.07 Å². The third-order valence-corrected chi connectivity index (χ3v) is 4.24. The van der Waals surface area contributed by atoms with Crippen molar-refractivity contribution in [3.63, 3.8) is 0 Å². The van der Waals surface area contributed by atoms with E-state index in [9.17, 15) is 9.59 Å². The molecule has 3 N–H and O–H groups in total. The predicted molar refractivity (Wildman–Crippen MR) is 86.9 cm³/mol. The van der Waals surface area contributed by atoms with Crippen molar-refractivity contribution in [3.8, 4) is 0 Å². The molecular formula is C16H12N2O4S. The van der Waals surface area contributed by atoms with Crippen LogP contribution < -0.4 is 5.32 Å². The van der Waals surface area contributed by atoms with Gasteiger partial charge in [0.15, 0.2) is 0 Å². The molecule has 0 aliphatic carbocycles. The number of aromatic nitrogens is 1. The molecule has 116 valence electrons. The number of fused-ring (bicyclic) bond motifs is 1. The number of aliphatic hydroxyl groups is 1. The largest absolute Gasteiger partial charge is 0.478 e. The van der Waals surface area contributed by atoms with Crippen molar-refractivity contribution < 1.29 is 19.8 Å². The Hall–Kier alpha value is -2.77. The molecule has 0 fully saturated rings. The molecule has 3 rings (SSSR count). The Morgan fingerprint density at radius 1 is 1.09 bits per heavy atom. The number of benzene rings is 2. The lowest BCUT2D eigenvalue weighted by atomic mass is 10.1. The first kappa shape index (κ1) is 15.1. The summed E-state index contributed by atoms with van der Waals surface area (Å²) >= 11 is 1.40. The van der Waals surface area contributed by atoms with Crippen molar-refractivity contribution >= 4 is 39.1 Å². The number of aromatic carboxylic acids is 1. The van der Waals surface area contributed by atoms with Crippen LogP contribution in [0.1, 0.15) is 25.7 Å². The zero-order valence-corrected chi connectivity index (χ0v) is 12.6. The fourth-order valence-corrected chi connectivity index (χ4v) is 2.90. The first-order valence-electron chi connectivity index (χ1n) is 6.72. The van der Waals surface area contributed by atoms with Crippen molar-refractivity contribution in [2.45, 2.75) is 6.61 Å². The summed E-state index contributed by atoms with van der Waals surface area (Å²) < 4.78 is 0.929. The summed E-state index contributed by atoms with van der Waals surface area (Å²) in [4.78, 5) is 27.2. The number of nitrogens with zero attached hydrogens (tertiary/aromatic N) is 1. The number of hydrogen-bond donors (Lipinski definition) is 3. The van der Waals surface area contributed by atoms with Crippen LogP contribution in [0.15, 0.2) is 42.5 Å². The smallest absolute Gasteiger partial charge is 0.335 e. The molecular weight excluding hydrogens is 316 g/mol. The van der Waals surface area contributed by atoms with Gasteiger partial charge in [0.25, 0.3) is 5.91 Å². The first-order chi connectivity index (χ1) is 11.1. The molecule has 23 heavy (non-hydrogen) atoms. The van der Waals surface area contributed by atoms with Crippen LogP contribution in [0.4, 0.5) is 5.69 Å². The molecule has 0 unspecified atom stereocenters. The number of carboxylic acid groups (broad SMARTS) is 1. The van der Waals surface area contributed by atoms with Gasteiger partial charge in [-0.25, -0.2) is 9.78 Å². The van der Waals surface area contributed by atoms with Crippen molar-refractivity contribution in [1.29, 1.82) is 0 Å². The maximum Gasteiger partial charge on any atom is 0.335 e. The summed E-state index contributed by atoms with van der Waals surface area (Å²) in [5, 5.41) is 21.3. The Kier molecular flexibility index (Phi) is 4.05. The molecule has 1 heterocycles. The zero-order chi connectivity index (χ0) is 16.4. The molecule has 0 aliphatic heterocycles. The van der Waals surface area contributed by atoms with Crippen LogP contribution in [0.3, 0.4) is 0 Å². The highest BCUT2D eigenvalue weighted by molar-refractivity contribution is 7.18. The molecule has 0 atom stereocenters. The van der Waals surface area contributed by atoms with Crippen LogP contribution in [0.5, 0.6) is 0 Å². The highest BCUT2D eigenvalue weighted by Crippen LogP contribution is 2.25. The summed E-state index contributed by atoms with van der Waals surface area (Å²) in [5.74, 6) is -1.37. The Morgan fingerprint density at radius 2 is 1.78 bits per heavy atom. The van der Waals surface area contributed by atoms with Gasteiger partial charge in [0.2, 0.25) is 0 Å². The molecule has 7 heteroatoms. The number of hydrogen-bond acceptors (Lipinski definition) is 5. The molecule has 0 saturated carbocycles. The quantitative estimate of drug-likeness (QED) is 0.684. The maximum atomic E-state index is 12.2. The van der Waals surface area contributed by atoms with E-state index in [1.54, 1.807) is 12.1 Å². The lowest BCUT2D eigenvalue weighted by Crippen LogP contribution is -2.12. The van der Waals surface area contributed by atoms with E-state index < -0.39 is 5.97 Å². The maximum absolute atomic E-state index is 12.2. The van der Waals surface area contributed by atoms with E-state index >= 15 is 0 Å². The number of rotatable bonds is 4. The third-order valence-electron chi connectivity index (χ3n) is 3.22. The Labute approximate surface area is 135 Å². The second-order valence-corrected chi connectivity index (χ2v) is 5.90. The van der Waals surface area contributed by atoms with Gasteiger partial charge >= 0.3 is 5.97 Å². The Balaban J connectivity index is 1.80. The molecule has 6 nitrogen and oxygen atoms in total. The van der Waals surface area contributed by atoms with E-state index in [0.717, 1.165) is 4.70 Å². The van der Waals surface area contributed by atoms with Gasteiger partial charge in [0.05, 0.1) is 22.4 Å². The number of thiazole rings is 1. The fraction of sp³-hybridized carbons (Fsp3) is 0.0625. The van der Waals surface area contributed by atoms with Crippen molar-refractivity contribution in [2.24, 2.45) is 0 Å². The van der Waals surface area contributed by atoms with Crippen LogP contribution in [0, 0.1) is 0 Å². The number of carbonyl (C=O) groups is 2. The van der Waals surface area contributed by atoms with Crippen molar-refractivity contribution in [3.05, 3.63) is 58.6 Å². The minimum Gasteiger partial charge on any atom is -0.478 e. The number of anilines is 1. The lowest BCUT2D eigenvalue weighted by Gasteiger charge is -2.05. The van der Waals surface area contributed by atoms with E-state index in [4.69, 9.17) is 10.2 Å². The van der Waals surface area contributed by atoms with Crippen LogP contribution in [-0.4, -0.2) is 27.1 Å². The highest BCUT2D eigenvalue weighted by atomic mass is 32.1. The SMILES string of the molecule is O=C(O)c1ccc(C(=O)Nc2ccc3sc(CO)nc3c2)cc1. The standard InChI is InChI=1S/C16H12N2O4S/c19-8-14-18-12-7-11(5-6-13(12)23-14)17-15(20)9-1-3-10(4-2-9)16(21)22/h1-7,19H,8H2,(H,17,20)(H,21,22). The van der Waals surface area contributed by atoms with Gasteiger partial charge in [-0.3, -0.25) is 4.79 Å². The molecule has 0 spiro atoms. The normalized spacial score (nSPS) is 10.7. The summed E-state index contributed by atoms with van der Waals surface area (Å²) in [6.07, 6.45) is 0. The van der Waals surface area contributed by atoms with E-state index in [2.05, 4.69) is 10.3 Å². The van der Waals surface area contributed by atoms with Gasteiger partial charge in [-0.2, -0.15) is 0 Å². The number of aliphatic hydroxyl groups excluding tert-OH is 1. The van der Waals surface area contributed by atoms with Crippen LogP contribution in [0.2, 0.25) is 0 Å². The number of carbonyl (C=O) groups excluding carboxylic acids is 1. The zero-order valence-electron chi connectivity index (χ0n) is 11.8. The average Bonchev–Trinajstić information content (AvgIpc) is 2.97. The fourth-order valence-electron chi connectivity index (χ4n) is 2.09. The minimum absolute atomic E-state index is 0.114. The average molecular weight is 328 g/mol. The Bertz CT molecular complexity index is 887. The minimum atomic E-state index is -1.04. The highest BCUT2D eigenvalue weighted by Gasteiger charge is 2.10. The summed E-state index contributed by atoms with van der Waals surface area (Å²) in [5.41, 5.74) is 1.78. The lowest BCUT2D eigenvalue weighted by molar-refractivity contribution is 0.0696. The molecule has 0 saturated heterocycles. The van der Waals surface area contributed by atoms with Gasteiger partial charge < -0.3 is 15.5 Å². The van der Waals surface area contributed by atoms with Gasteiger partial charge in [0.1, 0.15) is 5.01 Å². The monoisotopic (exact) mass is 328 g/mol. The van der Waals surface area contributed by atoms with Crippen LogP contribution >= 0.6 is 11.3 Å². The number of carboxylic acids is 1.